The Morgan fingerprint density at radius 1 is 1.50 bits per heavy atom. The first-order chi connectivity index (χ1) is 6.72. The maximum Gasteiger partial charge on any atom is 0.323 e. The van der Waals surface area contributed by atoms with Crippen molar-refractivity contribution in [1.29, 1.82) is 0 Å². The lowest BCUT2D eigenvalue weighted by Gasteiger charge is -2.40. The van der Waals surface area contributed by atoms with Gasteiger partial charge in [0.25, 0.3) is 0 Å². The highest BCUT2D eigenvalue weighted by Gasteiger charge is 2.38. The second kappa shape index (κ2) is 3.89. The molecule has 2 atom stereocenters. The van der Waals surface area contributed by atoms with E-state index < -0.39 is 0 Å². The van der Waals surface area contributed by atoms with Gasteiger partial charge in [0.05, 0.1) is 7.11 Å². The Labute approximate surface area is 85.4 Å². The third-order valence-corrected chi connectivity index (χ3v) is 3.55. The van der Waals surface area contributed by atoms with Gasteiger partial charge in [0.15, 0.2) is 0 Å². The molecule has 14 heavy (non-hydrogen) atoms. The fourth-order valence-corrected chi connectivity index (χ4v) is 2.25. The lowest BCUT2D eigenvalue weighted by atomic mass is 9.98. The Balaban J connectivity index is 1.77. The van der Waals surface area contributed by atoms with Gasteiger partial charge in [0.1, 0.15) is 6.04 Å². The van der Waals surface area contributed by atoms with Crippen LogP contribution in [0.3, 0.4) is 0 Å². The van der Waals surface area contributed by atoms with Crippen LogP contribution in [-0.2, 0) is 9.53 Å². The van der Waals surface area contributed by atoms with Gasteiger partial charge in [0, 0.05) is 13.1 Å². The normalized spacial score (nSPS) is 29.4. The molecule has 0 spiro atoms. The minimum Gasteiger partial charge on any atom is -0.468 e. The number of hydrogen-bond donors (Lipinski definition) is 0. The second-order valence-corrected chi connectivity index (χ2v) is 4.64. The molecule has 3 heteroatoms. The van der Waals surface area contributed by atoms with Crippen molar-refractivity contribution in [3.8, 4) is 0 Å². The first kappa shape index (κ1) is 9.97. The number of likely N-dealkylation sites (tertiary alicyclic amines) is 1. The molecule has 0 aromatic carbocycles. The number of hydrogen-bond acceptors (Lipinski definition) is 3. The summed E-state index contributed by atoms with van der Waals surface area (Å²) in [6, 6.07) is 0.0567. The van der Waals surface area contributed by atoms with Crippen molar-refractivity contribution in [3.63, 3.8) is 0 Å². The summed E-state index contributed by atoms with van der Waals surface area (Å²) in [5.41, 5.74) is 0. The van der Waals surface area contributed by atoms with E-state index in [4.69, 9.17) is 4.74 Å². The lowest BCUT2D eigenvalue weighted by Crippen LogP contribution is -2.54. The number of carbonyl (C=O) groups excluding carboxylic acids is 1. The quantitative estimate of drug-likeness (QED) is 0.636. The van der Waals surface area contributed by atoms with Crippen LogP contribution in [0.1, 0.15) is 26.2 Å². The number of ether oxygens (including phenoxy) is 1. The van der Waals surface area contributed by atoms with E-state index in [9.17, 15) is 4.79 Å². The fourth-order valence-electron chi connectivity index (χ4n) is 2.25. The molecule has 2 rings (SSSR count). The summed E-state index contributed by atoms with van der Waals surface area (Å²) in [6.07, 6.45) is 3.75. The molecule has 0 amide bonds. The summed E-state index contributed by atoms with van der Waals surface area (Å²) in [6.45, 7) is 4.44. The zero-order chi connectivity index (χ0) is 10.1. The van der Waals surface area contributed by atoms with E-state index in [1.807, 2.05) is 0 Å². The minimum absolute atomic E-state index is 0.0563. The number of esters is 1. The van der Waals surface area contributed by atoms with Gasteiger partial charge in [0.2, 0.25) is 0 Å². The maximum atomic E-state index is 11.3. The van der Waals surface area contributed by atoms with Crippen LogP contribution in [0.2, 0.25) is 0 Å². The summed E-state index contributed by atoms with van der Waals surface area (Å²) in [5.74, 6) is 1.62. The molecule has 0 aromatic heterocycles. The van der Waals surface area contributed by atoms with Crippen molar-refractivity contribution < 1.29 is 9.53 Å². The van der Waals surface area contributed by atoms with Crippen molar-refractivity contribution in [3.05, 3.63) is 0 Å². The van der Waals surface area contributed by atoms with Crippen LogP contribution in [0.4, 0.5) is 0 Å². The molecule has 0 aromatic rings. The molecule has 0 radical (unpaired) electrons. The van der Waals surface area contributed by atoms with Gasteiger partial charge in [-0.3, -0.25) is 9.69 Å². The molecule has 1 aliphatic heterocycles. The predicted octanol–water partition coefficient (Wildman–Crippen LogP) is 1.28. The average molecular weight is 197 g/mol. The first-order valence-corrected chi connectivity index (χ1v) is 5.54. The van der Waals surface area contributed by atoms with Crippen LogP contribution in [0.5, 0.6) is 0 Å². The highest BCUT2D eigenvalue weighted by Crippen LogP contribution is 2.37. The molecule has 3 nitrogen and oxygen atoms in total. The van der Waals surface area contributed by atoms with Crippen molar-refractivity contribution in [2.75, 3.05) is 20.2 Å². The zero-order valence-corrected chi connectivity index (χ0v) is 9.03. The van der Waals surface area contributed by atoms with Gasteiger partial charge in [-0.15, -0.1) is 0 Å². The molecular formula is C11H19NO2. The largest absolute Gasteiger partial charge is 0.468 e. The van der Waals surface area contributed by atoms with E-state index in [2.05, 4.69) is 11.8 Å². The summed E-state index contributed by atoms with van der Waals surface area (Å²) in [7, 11) is 1.48. The second-order valence-electron chi connectivity index (χ2n) is 4.64. The van der Waals surface area contributed by atoms with Crippen molar-refractivity contribution in [1.82, 2.24) is 4.90 Å². The smallest absolute Gasteiger partial charge is 0.323 e. The summed E-state index contributed by atoms with van der Waals surface area (Å²) in [4.78, 5) is 13.6. The van der Waals surface area contributed by atoms with Gasteiger partial charge < -0.3 is 4.74 Å². The van der Waals surface area contributed by atoms with E-state index in [-0.39, 0.29) is 12.0 Å². The Bertz CT molecular complexity index is 225. The Morgan fingerprint density at radius 3 is 2.64 bits per heavy atom. The van der Waals surface area contributed by atoms with Crippen LogP contribution in [0.15, 0.2) is 0 Å². The predicted molar refractivity (Wildman–Crippen MR) is 53.9 cm³/mol. The van der Waals surface area contributed by atoms with E-state index in [0.717, 1.165) is 31.3 Å². The molecule has 0 bridgehead atoms. The minimum atomic E-state index is -0.0563. The van der Waals surface area contributed by atoms with Gasteiger partial charge in [-0.05, 0) is 31.1 Å². The van der Waals surface area contributed by atoms with Crippen molar-refractivity contribution >= 4 is 5.97 Å². The van der Waals surface area contributed by atoms with Crippen LogP contribution >= 0.6 is 0 Å². The molecule has 0 N–H and O–H groups in total. The van der Waals surface area contributed by atoms with Gasteiger partial charge in [-0.2, -0.15) is 0 Å². The standard InChI is InChI=1S/C11H19NO2/c1-8(9-3-4-9)7-12-6-5-10(12)11(13)14-2/h8-10H,3-7H2,1-2H3. The molecular weight excluding hydrogens is 178 g/mol. The molecule has 1 saturated heterocycles. The SMILES string of the molecule is COC(=O)C1CCN1CC(C)C1CC1. The molecule has 2 fully saturated rings. The van der Waals surface area contributed by atoms with Crippen LogP contribution in [0, 0.1) is 11.8 Å². The van der Waals surface area contributed by atoms with E-state index in [1.165, 1.54) is 20.0 Å². The van der Waals surface area contributed by atoms with Gasteiger partial charge in [-0.1, -0.05) is 6.92 Å². The van der Waals surface area contributed by atoms with Crippen molar-refractivity contribution in [2.24, 2.45) is 11.8 Å². The number of carbonyl (C=O) groups is 1. The van der Waals surface area contributed by atoms with Gasteiger partial charge in [-0.25, -0.2) is 0 Å². The van der Waals surface area contributed by atoms with Crippen molar-refractivity contribution in [2.45, 2.75) is 32.2 Å². The topological polar surface area (TPSA) is 29.5 Å². The van der Waals surface area contributed by atoms with E-state index >= 15 is 0 Å². The third kappa shape index (κ3) is 1.92. The van der Waals surface area contributed by atoms with Crippen LogP contribution < -0.4 is 0 Å². The maximum absolute atomic E-state index is 11.3. The van der Waals surface area contributed by atoms with E-state index in [1.54, 1.807) is 0 Å². The van der Waals surface area contributed by atoms with Gasteiger partial charge >= 0.3 is 5.97 Å². The number of rotatable bonds is 4. The zero-order valence-electron chi connectivity index (χ0n) is 9.03. The highest BCUT2D eigenvalue weighted by atomic mass is 16.5. The first-order valence-electron chi connectivity index (χ1n) is 5.54. The third-order valence-electron chi connectivity index (χ3n) is 3.55. The average Bonchev–Trinajstić information content (AvgIpc) is 2.94. The number of nitrogens with zero attached hydrogens (tertiary/aromatic N) is 1. The molecule has 2 aliphatic rings. The summed E-state index contributed by atoms with van der Waals surface area (Å²) >= 11 is 0. The molecule has 80 valence electrons. The summed E-state index contributed by atoms with van der Waals surface area (Å²) in [5, 5.41) is 0. The Morgan fingerprint density at radius 2 is 2.21 bits per heavy atom. The molecule has 2 unspecified atom stereocenters. The monoisotopic (exact) mass is 197 g/mol. The number of methoxy groups -OCH3 is 1. The van der Waals surface area contributed by atoms with E-state index in [0.29, 0.717) is 0 Å². The van der Waals surface area contributed by atoms with Crippen LogP contribution in [0.25, 0.3) is 0 Å². The lowest BCUT2D eigenvalue weighted by molar-refractivity contribution is -0.152. The molecule has 1 aliphatic carbocycles. The Kier molecular flexibility index (Phi) is 2.77. The highest BCUT2D eigenvalue weighted by molar-refractivity contribution is 5.76. The summed E-state index contributed by atoms with van der Waals surface area (Å²) < 4.78 is 4.76. The molecule has 1 saturated carbocycles. The fraction of sp³-hybridized carbons (Fsp3) is 0.909. The Hall–Kier alpha value is -0.570. The molecule has 1 heterocycles. The van der Waals surface area contributed by atoms with Crippen LogP contribution in [-0.4, -0.2) is 37.1 Å².